The first-order valence-electron chi connectivity index (χ1n) is 7.00. The van der Waals surface area contributed by atoms with Gasteiger partial charge < -0.3 is 10.6 Å². The lowest BCUT2D eigenvalue weighted by Gasteiger charge is -2.10. The van der Waals surface area contributed by atoms with Crippen LogP contribution in [0.3, 0.4) is 0 Å². The van der Waals surface area contributed by atoms with Crippen molar-refractivity contribution in [1.82, 2.24) is 5.32 Å². The monoisotopic (exact) mass is 296 g/mol. The summed E-state index contributed by atoms with van der Waals surface area (Å²) in [6.07, 6.45) is 1.98. The van der Waals surface area contributed by atoms with E-state index >= 15 is 0 Å². The van der Waals surface area contributed by atoms with Crippen LogP contribution in [0.2, 0.25) is 0 Å². The zero-order valence-electron chi connectivity index (χ0n) is 11.6. The van der Waals surface area contributed by atoms with Crippen molar-refractivity contribution in [2.75, 3.05) is 11.9 Å². The number of amides is 1. The van der Waals surface area contributed by atoms with E-state index in [1.54, 1.807) is 11.3 Å². The molecule has 0 unspecified atom stereocenters. The van der Waals surface area contributed by atoms with Crippen molar-refractivity contribution in [2.24, 2.45) is 0 Å². The van der Waals surface area contributed by atoms with Gasteiger partial charge in [-0.2, -0.15) is 11.3 Å². The Balaban J connectivity index is 1.62. The fourth-order valence-corrected chi connectivity index (χ4v) is 2.84. The van der Waals surface area contributed by atoms with Crippen LogP contribution in [0.1, 0.15) is 24.0 Å². The number of anilines is 1. The summed E-state index contributed by atoms with van der Waals surface area (Å²) < 4.78 is 0. The quantitative estimate of drug-likeness (QED) is 0.837. The van der Waals surface area contributed by atoms with Crippen LogP contribution >= 0.6 is 11.3 Å². The van der Waals surface area contributed by atoms with Crippen LogP contribution in [-0.2, 0) is 4.79 Å². The second kappa shape index (κ2) is 6.57. The van der Waals surface area contributed by atoms with Gasteiger partial charge in [-0.15, -0.1) is 0 Å². The lowest BCUT2D eigenvalue weighted by molar-refractivity contribution is -0.117. The van der Waals surface area contributed by atoms with Crippen LogP contribution in [0.4, 0.5) is 5.69 Å². The Morgan fingerprint density at radius 3 is 2.67 bits per heavy atom. The minimum absolute atomic E-state index is 0.0459. The first-order chi connectivity index (χ1) is 10.3. The number of hydrogen-bond donors (Lipinski definition) is 2. The van der Waals surface area contributed by atoms with Gasteiger partial charge in [0.15, 0.2) is 0 Å². The Bertz CT molecular complexity index is 659. The maximum absolute atomic E-state index is 12.0. The van der Waals surface area contributed by atoms with Gasteiger partial charge >= 0.3 is 0 Å². The molecule has 2 aromatic rings. The van der Waals surface area contributed by atoms with Gasteiger partial charge in [0.25, 0.3) is 0 Å². The minimum atomic E-state index is -0.0527. The molecule has 1 aromatic carbocycles. The molecule has 0 saturated carbocycles. The average Bonchev–Trinajstić information content (AvgIpc) is 3.20. The topological polar surface area (TPSA) is 41.1 Å². The smallest absolute Gasteiger partial charge is 0.241 e. The molecule has 4 heteroatoms. The van der Waals surface area contributed by atoms with E-state index < -0.39 is 0 Å². The van der Waals surface area contributed by atoms with E-state index in [4.69, 9.17) is 0 Å². The molecule has 1 amide bonds. The Labute approximate surface area is 128 Å². The van der Waals surface area contributed by atoms with E-state index in [9.17, 15) is 4.79 Å². The van der Waals surface area contributed by atoms with E-state index in [0.29, 0.717) is 0 Å². The van der Waals surface area contributed by atoms with Crippen LogP contribution in [0.25, 0.3) is 0 Å². The molecular formula is C17H16N2OS. The van der Waals surface area contributed by atoms with Gasteiger partial charge in [-0.1, -0.05) is 11.8 Å². The zero-order chi connectivity index (χ0) is 14.5. The molecule has 2 heterocycles. The molecule has 1 aromatic heterocycles. The number of benzene rings is 1. The van der Waals surface area contributed by atoms with E-state index in [1.807, 2.05) is 41.1 Å². The third-order valence-electron chi connectivity index (χ3n) is 3.40. The summed E-state index contributed by atoms with van der Waals surface area (Å²) in [5, 5.41) is 10.2. The molecule has 1 aliphatic heterocycles. The van der Waals surface area contributed by atoms with E-state index in [-0.39, 0.29) is 11.9 Å². The summed E-state index contributed by atoms with van der Waals surface area (Å²) >= 11 is 1.64. The van der Waals surface area contributed by atoms with Crippen molar-refractivity contribution in [3.63, 3.8) is 0 Å². The number of nitrogens with one attached hydrogen (secondary N) is 2. The molecule has 1 atom stereocenters. The van der Waals surface area contributed by atoms with Gasteiger partial charge in [0, 0.05) is 22.2 Å². The van der Waals surface area contributed by atoms with Gasteiger partial charge in [0.05, 0.1) is 6.04 Å². The second-order valence-electron chi connectivity index (χ2n) is 4.98. The fraction of sp³-hybridized carbons (Fsp3) is 0.235. The molecule has 106 valence electrons. The van der Waals surface area contributed by atoms with Crippen LogP contribution < -0.4 is 10.6 Å². The summed E-state index contributed by atoms with van der Waals surface area (Å²) in [6, 6.07) is 9.59. The number of rotatable bonds is 2. The second-order valence-corrected chi connectivity index (χ2v) is 5.76. The summed E-state index contributed by atoms with van der Waals surface area (Å²) in [5.41, 5.74) is 2.79. The first-order valence-corrected chi connectivity index (χ1v) is 7.94. The van der Waals surface area contributed by atoms with Crippen LogP contribution in [0, 0.1) is 11.8 Å². The normalized spacial score (nSPS) is 17.0. The molecule has 3 rings (SSSR count). The molecule has 3 nitrogen and oxygen atoms in total. The number of carbonyl (C=O) groups excluding carboxylic acids is 1. The maximum Gasteiger partial charge on any atom is 0.241 e. The van der Waals surface area contributed by atoms with Crippen molar-refractivity contribution in [3.05, 3.63) is 52.2 Å². The first kappa shape index (κ1) is 13.9. The Kier molecular flexibility index (Phi) is 4.34. The Morgan fingerprint density at radius 2 is 2.00 bits per heavy atom. The number of thiophene rings is 1. The third kappa shape index (κ3) is 3.72. The van der Waals surface area contributed by atoms with E-state index in [2.05, 4.69) is 22.5 Å². The van der Waals surface area contributed by atoms with E-state index in [1.165, 1.54) is 0 Å². The molecule has 21 heavy (non-hydrogen) atoms. The van der Waals surface area contributed by atoms with Crippen molar-refractivity contribution in [1.29, 1.82) is 0 Å². The van der Waals surface area contributed by atoms with Crippen molar-refractivity contribution in [2.45, 2.75) is 18.9 Å². The van der Waals surface area contributed by atoms with Crippen LogP contribution in [0.5, 0.6) is 0 Å². The minimum Gasteiger partial charge on any atom is -0.325 e. The van der Waals surface area contributed by atoms with Crippen molar-refractivity contribution < 1.29 is 4.79 Å². The standard InChI is InChI=1S/C17H16N2OS/c20-17(16-2-1-10-18-16)19-15-7-5-13(6-8-15)3-4-14-9-11-21-12-14/h5-9,11-12,16,18H,1-2,10H2,(H,19,20)/t16-/m1/s1. The lowest BCUT2D eigenvalue weighted by atomic mass is 10.2. The molecular weight excluding hydrogens is 280 g/mol. The highest BCUT2D eigenvalue weighted by Crippen LogP contribution is 2.12. The highest BCUT2D eigenvalue weighted by atomic mass is 32.1. The maximum atomic E-state index is 12.0. The predicted octanol–water partition coefficient (Wildman–Crippen LogP) is 2.84. The average molecular weight is 296 g/mol. The van der Waals surface area contributed by atoms with Crippen molar-refractivity contribution >= 4 is 22.9 Å². The molecule has 0 bridgehead atoms. The third-order valence-corrected chi connectivity index (χ3v) is 4.08. The highest BCUT2D eigenvalue weighted by molar-refractivity contribution is 7.08. The molecule has 1 saturated heterocycles. The van der Waals surface area contributed by atoms with Gasteiger partial charge in [-0.05, 0) is 55.1 Å². The van der Waals surface area contributed by atoms with Crippen LogP contribution in [0.15, 0.2) is 41.1 Å². The summed E-state index contributed by atoms with van der Waals surface area (Å²) in [4.78, 5) is 12.0. The fourth-order valence-electron chi connectivity index (χ4n) is 2.25. The summed E-state index contributed by atoms with van der Waals surface area (Å²) in [7, 11) is 0. The van der Waals surface area contributed by atoms with Crippen LogP contribution in [-0.4, -0.2) is 18.5 Å². The van der Waals surface area contributed by atoms with Gasteiger partial charge in [-0.25, -0.2) is 0 Å². The van der Waals surface area contributed by atoms with Gasteiger partial charge in [0.1, 0.15) is 0 Å². The van der Waals surface area contributed by atoms with Gasteiger partial charge in [-0.3, -0.25) is 4.79 Å². The largest absolute Gasteiger partial charge is 0.325 e. The molecule has 1 fully saturated rings. The Hall–Kier alpha value is -2.09. The molecule has 0 spiro atoms. The summed E-state index contributed by atoms with van der Waals surface area (Å²) in [6.45, 7) is 0.926. The predicted molar refractivity (Wildman–Crippen MR) is 86.4 cm³/mol. The lowest BCUT2D eigenvalue weighted by Crippen LogP contribution is -2.35. The molecule has 0 radical (unpaired) electrons. The van der Waals surface area contributed by atoms with Crippen molar-refractivity contribution in [3.8, 4) is 11.8 Å². The number of carbonyl (C=O) groups is 1. The zero-order valence-corrected chi connectivity index (χ0v) is 12.4. The SMILES string of the molecule is O=C(Nc1ccc(C#Cc2ccsc2)cc1)[C@H]1CCCN1. The highest BCUT2D eigenvalue weighted by Gasteiger charge is 2.21. The molecule has 0 aliphatic carbocycles. The Morgan fingerprint density at radius 1 is 1.19 bits per heavy atom. The molecule has 1 aliphatic rings. The van der Waals surface area contributed by atoms with Gasteiger partial charge in [0.2, 0.25) is 5.91 Å². The summed E-state index contributed by atoms with van der Waals surface area (Å²) in [5.74, 6) is 6.27. The molecule has 2 N–H and O–H groups in total. The van der Waals surface area contributed by atoms with E-state index in [0.717, 1.165) is 36.2 Å². The number of hydrogen-bond acceptors (Lipinski definition) is 3.